The Morgan fingerprint density at radius 2 is 1.60 bits per heavy atom. The molecule has 0 N–H and O–H groups in total. The van der Waals surface area contributed by atoms with Gasteiger partial charge in [-0.05, 0) is 37.8 Å². The van der Waals surface area contributed by atoms with E-state index in [0.717, 1.165) is 0 Å². The minimum atomic E-state index is -0.0963. The summed E-state index contributed by atoms with van der Waals surface area (Å²) in [4.78, 5) is 0. The molecule has 1 aromatic rings. The molecule has 0 unspecified atom stereocenters. The Kier molecular flexibility index (Phi) is 1.79. The van der Waals surface area contributed by atoms with Crippen molar-refractivity contribution < 1.29 is 4.74 Å². The Bertz CT molecular complexity index is 386. The van der Waals surface area contributed by atoms with Crippen LogP contribution in [0.1, 0.15) is 50.7 Å². The molecular formula is C14H18O. The molecule has 0 amide bonds. The zero-order chi connectivity index (χ0) is 10.5. The third-order valence-electron chi connectivity index (χ3n) is 3.93. The average molecular weight is 202 g/mol. The second-order valence-electron chi connectivity index (χ2n) is 5.36. The van der Waals surface area contributed by atoms with Gasteiger partial charge in [0.2, 0.25) is 0 Å². The van der Waals surface area contributed by atoms with Crippen molar-refractivity contribution in [1.82, 2.24) is 0 Å². The number of fused-ring (bicyclic) bond motifs is 2. The van der Waals surface area contributed by atoms with Crippen LogP contribution in [-0.2, 0) is 15.9 Å². The van der Waals surface area contributed by atoms with Crippen molar-refractivity contribution in [2.75, 3.05) is 0 Å². The van der Waals surface area contributed by atoms with Crippen molar-refractivity contribution in [2.45, 2.75) is 50.7 Å². The van der Waals surface area contributed by atoms with Crippen molar-refractivity contribution in [3.8, 4) is 0 Å². The van der Waals surface area contributed by atoms with E-state index in [9.17, 15) is 0 Å². The molecule has 1 spiro atoms. The van der Waals surface area contributed by atoms with Gasteiger partial charge in [0, 0.05) is 0 Å². The van der Waals surface area contributed by atoms with Crippen LogP contribution in [0.3, 0.4) is 0 Å². The Morgan fingerprint density at radius 1 is 1.00 bits per heavy atom. The Labute approximate surface area is 91.5 Å². The van der Waals surface area contributed by atoms with Gasteiger partial charge in [0.25, 0.3) is 0 Å². The molecule has 0 radical (unpaired) electrons. The minimum Gasteiger partial charge on any atom is -0.360 e. The first-order valence-electron chi connectivity index (χ1n) is 5.94. The van der Waals surface area contributed by atoms with E-state index in [1.807, 2.05) is 0 Å². The van der Waals surface area contributed by atoms with Gasteiger partial charge in [-0.25, -0.2) is 0 Å². The SMILES string of the molecule is CC1(C)OC2(CCCC2)c2ccccc21. The smallest absolute Gasteiger partial charge is 0.0946 e. The highest BCUT2D eigenvalue weighted by molar-refractivity contribution is 5.41. The molecule has 1 heterocycles. The Hall–Kier alpha value is -0.820. The van der Waals surface area contributed by atoms with Gasteiger partial charge in [-0.1, -0.05) is 37.1 Å². The summed E-state index contributed by atoms with van der Waals surface area (Å²) < 4.78 is 6.37. The van der Waals surface area contributed by atoms with Crippen LogP contribution in [0.4, 0.5) is 0 Å². The maximum Gasteiger partial charge on any atom is 0.0946 e. The number of benzene rings is 1. The summed E-state index contributed by atoms with van der Waals surface area (Å²) in [5.74, 6) is 0. The molecular weight excluding hydrogens is 184 g/mol. The third-order valence-corrected chi connectivity index (χ3v) is 3.93. The van der Waals surface area contributed by atoms with Gasteiger partial charge in [-0.2, -0.15) is 0 Å². The zero-order valence-electron chi connectivity index (χ0n) is 9.55. The van der Waals surface area contributed by atoms with Crippen LogP contribution in [0.15, 0.2) is 24.3 Å². The first-order valence-corrected chi connectivity index (χ1v) is 5.94. The van der Waals surface area contributed by atoms with Crippen LogP contribution >= 0.6 is 0 Å². The first kappa shape index (κ1) is 9.41. The fourth-order valence-corrected chi connectivity index (χ4v) is 3.32. The molecule has 1 saturated carbocycles. The van der Waals surface area contributed by atoms with Crippen LogP contribution in [0.2, 0.25) is 0 Å². The van der Waals surface area contributed by atoms with Crippen LogP contribution in [0, 0.1) is 0 Å². The highest BCUT2D eigenvalue weighted by Crippen LogP contribution is 2.54. The molecule has 0 atom stereocenters. The van der Waals surface area contributed by atoms with E-state index in [0.29, 0.717) is 0 Å². The second-order valence-corrected chi connectivity index (χ2v) is 5.36. The van der Waals surface area contributed by atoms with E-state index < -0.39 is 0 Å². The summed E-state index contributed by atoms with van der Waals surface area (Å²) in [5, 5.41) is 0. The largest absolute Gasteiger partial charge is 0.360 e. The molecule has 0 saturated heterocycles. The molecule has 2 aliphatic rings. The van der Waals surface area contributed by atoms with Crippen molar-refractivity contribution in [3.63, 3.8) is 0 Å². The number of hydrogen-bond acceptors (Lipinski definition) is 1. The monoisotopic (exact) mass is 202 g/mol. The van der Waals surface area contributed by atoms with E-state index in [4.69, 9.17) is 4.74 Å². The molecule has 15 heavy (non-hydrogen) atoms. The van der Waals surface area contributed by atoms with Crippen LogP contribution in [0.25, 0.3) is 0 Å². The van der Waals surface area contributed by atoms with Gasteiger partial charge in [0.15, 0.2) is 0 Å². The van der Waals surface area contributed by atoms with Crippen LogP contribution < -0.4 is 0 Å². The van der Waals surface area contributed by atoms with Gasteiger partial charge < -0.3 is 4.74 Å². The van der Waals surface area contributed by atoms with Gasteiger partial charge >= 0.3 is 0 Å². The first-order chi connectivity index (χ1) is 7.14. The van der Waals surface area contributed by atoms with Crippen molar-refractivity contribution >= 4 is 0 Å². The summed E-state index contributed by atoms with van der Waals surface area (Å²) in [6.07, 6.45) is 5.02. The average Bonchev–Trinajstić information content (AvgIpc) is 2.74. The standard InChI is InChI=1S/C14H18O/c1-13(2)11-7-3-4-8-12(11)14(15-13)9-5-6-10-14/h3-4,7-8H,5-6,9-10H2,1-2H3. The minimum absolute atomic E-state index is 0.0556. The molecule has 1 aliphatic heterocycles. The molecule has 1 aromatic carbocycles. The van der Waals surface area contributed by atoms with E-state index >= 15 is 0 Å². The molecule has 3 rings (SSSR count). The van der Waals surface area contributed by atoms with Crippen LogP contribution in [-0.4, -0.2) is 0 Å². The summed E-state index contributed by atoms with van der Waals surface area (Å²) in [5.41, 5.74) is 2.81. The van der Waals surface area contributed by atoms with Crippen molar-refractivity contribution in [2.24, 2.45) is 0 Å². The van der Waals surface area contributed by atoms with Gasteiger partial charge in [-0.3, -0.25) is 0 Å². The fraction of sp³-hybridized carbons (Fsp3) is 0.571. The summed E-state index contributed by atoms with van der Waals surface area (Å²) in [6.45, 7) is 4.39. The number of rotatable bonds is 0. The normalized spacial score (nSPS) is 25.7. The van der Waals surface area contributed by atoms with E-state index in [-0.39, 0.29) is 11.2 Å². The molecule has 1 aliphatic carbocycles. The van der Waals surface area contributed by atoms with E-state index in [1.165, 1.54) is 36.8 Å². The molecule has 1 nitrogen and oxygen atoms in total. The number of hydrogen-bond donors (Lipinski definition) is 0. The summed E-state index contributed by atoms with van der Waals surface area (Å²) in [6, 6.07) is 8.75. The van der Waals surface area contributed by atoms with Gasteiger partial charge in [0.1, 0.15) is 0 Å². The van der Waals surface area contributed by atoms with Gasteiger partial charge in [0.05, 0.1) is 11.2 Å². The maximum atomic E-state index is 6.37. The highest BCUT2D eigenvalue weighted by atomic mass is 16.5. The van der Waals surface area contributed by atoms with Crippen molar-refractivity contribution in [1.29, 1.82) is 0 Å². The molecule has 1 heteroatoms. The summed E-state index contributed by atoms with van der Waals surface area (Å²) in [7, 11) is 0. The predicted octanol–water partition coefficient (Wildman–Crippen LogP) is 3.72. The summed E-state index contributed by atoms with van der Waals surface area (Å²) >= 11 is 0. The fourth-order valence-electron chi connectivity index (χ4n) is 3.32. The maximum absolute atomic E-state index is 6.37. The van der Waals surface area contributed by atoms with Crippen molar-refractivity contribution in [3.05, 3.63) is 35.4 Å². The highest BCUT2D eigenvalue weighted by Gasteiger charge is 2.49. The molecule has 1 fully saturated rings. The predicted molar refractivity (Wildman–Crippen MR) is 60.7 cm³/mol. The lowest BCUT2D eigenvalue weighted by atomic mass is 9.88. The lowest BCUT2D eigenvalue weighted by Gasteiger charge is -2.28. The molecule has 0 aromatic heterocycles. The zero-order valence-corrected chi connectivity index (χ0v) is 9.55. The lowest BCUT2D eigenvalue weighted by Crippen LogP contribution is -2.25. The van der Waals surface area contributed by atoms with E-state index in [2.05, 4.69) is 38.1 Å². The third kappa shape index (κ3) is 1.19. The Balaban J connectivity index is 2.18. The molecule has 0 bridgehead atoms. The van der Waals surface area contributed by atoms with E-state index in [1.54, 1.807) is 0 Å². The lowest BCUT2D eigenvalue weighted by molar-refractivity contribution is -0.122. The quantitative estimate of drug-likeness (QED) is 0.623. The number of ether oxygens (including phenoxy) is 1. The Morgan fingerprint density at radius 3 is 2.27 bits per heavy atom. The van der Waals surface area contributed by atoms with Gasteiger partial charge in [-0.15, -0.1) is 0 Å². The molecule has 80 valence electrons. The van der Waals surface area contributed by atoms with Crippen LogP contribution in [0.5, 0.6) is 0 Å². The second kappa shape index (κ2) is 2.85. The topological polar surface area (TPSA) is 9.23 Å².